The molecule has 1 N–H and O–H groups in total. The normalized spacial score (nSPS) is 10.9. The smallest absolute Gasteiger partial charge is 0.225 e. The minimum atomic E-state index is -0.367. The molecular weight excluding hydrogens is 339 g/mol. The molecule has 0 fully saturated rings. The van der Waals surface area contributed by atoms with Crippen molar-refractivity contribution >= 4 is 27.5 Å². The van der Waals surface area contributed by atoms with Crippen molar-refractivity contribution in [3.63, 3.8) is 0 Å². The highest BCUT2D eigenvalue weighted by Gasteiger charge is 2.08. The van der Waals surface area contributed by atoms with Crippen LogP contribution in [0.5, 0.6) is 0 Å². The second-order valence-corrected chi connectivity index (χ2v) is 5.53. The van der Waals surface area contributed by atoms with Crippen LogP contribution in [0, 0.1) is 5.82 Å². The van der Waals surface area contributed by atoms with Gasteiger partial charge in [0.15, 0.2) is 4.67 Å². The first-order valence-corrected chi connectivity index (χ1v) is 7.30. The maximum Gasteiger partial charge on any atom is 0.225 e. The summed E-state index contributed by atoms with van der Waals surface area (Å²) in [5.41, 5.74) is 0.470. The Hall–Kier alpha value is -1.66. The number of halogens is 2. The molecule has 0 bridgehead atoms. The number of furan rings is 1. The number of amides is 1. The lowest BCUT2D eigenvalue weighted by Gasteiger charge is -2.14. The number of hydrogen-bond acceptors (Lipinski definition) is 3. The average molecular weight is 355 g/mol. The van der Waals surface area contributed by atoms with E-state index < -0.39 is 0 Å². The predicted octanol–water partition coefficient (Wildman–Crippen LogP) is 3.64. The highest BCUT2D eigenvalue weighted by Crippen LogP contribution is 2.15. The Morgan fingerprint density at radius 2 is 2.19 bits per heavy atom. The Kier molecular flexibility index (Phi) is 5.52. The molecule has 0 atom stereocenters. The molecule has 0 radical (unpaired) electrons. The van der Waals surface area contributed by atoms with Gasteiger partial charge in [0.25, 0.3) is 0 Å². The largest absolute Gasteiger partial charge is 0.453 e. The molecule has 2 rings (SSSR count). The van der Waals surface area contributed by atoms with Crippen LogP contribution in [0.25, 0.3) is 0 Å². The molecule has 6 heteroatoms. The molecule has 0 aliphatic heterocycles. The molecule has 112 valence electrons. The molecule has 0 unspecified atom stereocenters. The fourth-order valence-corrected chi connectivity index (χ4v) is 2.20. The van der Waals surface area contributed by atoms with Crippen molar-refractivity contribution in [2.24, 2.45) is 0 Å². The van der Waals surface area contributed by atoms with Crippen molar-refractivity contribution in [3.05, 3.63) is 52.6 Å². The highest BCUT2D eigenvalue weighted by molar-refractivity contribution is 9.10. The van der Waals surface area contributed by atoms with Gasteiger partial charge in [-0.25, -0.2) is 4.39 Å². The van der Waals surface area contributed by atoms with Gasteiger partial charge in [-0.15, -0.1) is 0 Å². The summed E-state index contributed by atoms with van der Waals surface area (Å²) in [5, 5.41) is 2.67. The molecule has 4 nitrogen and oxygen atoms in total. The highest BCUT2D eigenvalue weighted by atomic mass is 79.9. The van der Waals surface area contributed by atoms with Crippen LogP contribution in [-0.4, -0.2) is 24.4 Å². The van der Waals surface area contributed by atoms with Crippen molar-refractivity contribution in [3.8, 4) is 0 Å². The van der Waals surface area contributed by atoms with Crippen molar-refractivity contribution < 1.29 is 13.6 Å². The monoisotopic (exact) mass is 354 g/mol. The second kappa shape index (κ2) is 7.38. The maximum absolute atomic E-state index is 13.0. The molecule has 2 aromatic rings. The quantitative estimate of drug-likeness (QED) is 0.861. The molecule has 1 heterocycles. The van der Waals surface area contributed by atoms with Gasteiger partial charge in [0.2, 0.25) is 5.91 Å². The van der Waals surface area contributed by atoms with Gasteiger partial charge in [-0.3, -0.25) is 9.69 Å². The lowest BCUT2D eigenvalue weighted by atomic mass is 10.3. The maximum atomic E-state index is 13.0. The number of hydrogen-bond donors (Lipinski definition) is 1. The van der Waals surface area contributed by atoms with Crippen molar-refractivity contribution in [1.82, 2.24) is 4.90 Å². The van der Waals surface area contributed by atoms with Crippen LogP contribution in [0.1, 0.15) is 12.2 Å². The van der Waals surface area contributed by atoms with Gasteiger partial charge >= 0.3 is 0 Å². The number of carbonyl (C=O) groups is 1. The summed E-state index contributed by atoms with van der Waals surface area (Å²) in [7, 11) is 1.91. The number of nitrogens with zero attached hydrogens (tertiary/aromatic N) is 1. The summed E-state index contributed by atoms with van der Waals surface area (Å²) in [5.74, 6) is 0.316. The Labute approximate surface area is 131 Å². The second-order valence-electron chi connectivity index (χ2n) is 4.75. The summed E-state index contributed by atoms with van der Waals surface area (Å²) < 4.78 is 19.1. The summed E-state index contributed by atoms with van der Waals surface area (Å²) in [4.78, 5) is 13.8. The van der Waals surface area contributed by atoms with E-state index in [0.29, 0.717) is 29.9 Å². The first-order valence-electron chi connectivity index (χ1n) is 6.51. The van der Waals surface area contributed by atoms with Gasteiger partial charge in [0, 0.05) is 18.7 Å². The molecule has 1 aromatic carbocycles. The number of carbonyl (C=O) groups excluding carboxylic acids is 1. The first-order chi connectivity index (χ1) is 10.0. The van der Waals surface area contributed by atoms with Gasteiger partial charge in [-0.1, -0.05) is 6.07 Å². The molecule has 21 heavy (non-hydrogen) atoms. The molecule has 0 saturated heterocycles. The molecule has 1 amide bonds. The molecule has 0 aliphatic rings. The van der Waals surface area contributed by atoms with Gasteiger partial charge in [0.05, 0.1) is 6.54 Å². The van der Waals surface area contributed by atoms with E-state index in [1.165, 1.54) is 12.1 Å². The number of nitrogens with one attached hydrogen (secondary N) is 1. The predicted molar refractivity (Wildman–Crippen MR) is 82.4 cm³/mol. The molecular formula is C15H16BrFN2O2. The van der Waals surface area contributed by atoms with Crippen LogP contribution >= 0.6 is 15.9 Å². The van der Waals surface area contributed by atoms with Crippen LogP contribution in [-0.2, 0) is 11.3 Å². The minimum absolute atomic E-state index is 0.145. The van der Waals surface area contributed by atoms with E-state index in [4.69, 9.17) is 4.42 Å². The SMILES string of the molecule is CN(CCC(=O)Nc1cccc(F)c1)Cc1ccc(Br)o1. The zero-order chi connectivity index (χ0) is 15.2. The zero-order valence-corrected chi connectivity index (χ0v) is 13.2. The number of rotatable bonds is 6. The van der Waals surface area contributed by atoms with E-state index in [0.717, 1.165) is 5.76 Å². The fraction of sp³-hybridized carbons (Fsp3) is 0.267. The van der Waals surface area contributed by atoms with Gasteiger partial charge in [-0.2, -0.15) is 0 Å². The van der Waals surface area contributed by atoms with Crippen LogP contribution in [0.2, 0.25) is 0 Å². The van der Waals surface area contributed by atoms with E-state index in [9.17, 15) is 9.18 Å². The summed E-state index contributed by atoms with van der Waals surface area (Å²) in [6.45, 7) is 1.21. The first kappa shape index (κ1) is 15.7. The van der Waals surface area contributed by atoms with Crippen molar-refractivity contribution in [1.29, 1.82) is 0 Å². The lowest BCUT2D eigenvalue weighted by molar-refractivity contribution is -0.116. The fourth-order valence-electron chi connectivity index (χ4n) is 1.86. The van der Waals surface area contributed by atoms with Gasteiger partial charge in [-0.05, 0) is 53.3 Å². The summed E-state index contributed by atoms with van der Waals surface area (Å²) >= 11 is 3.25. The van der Waals surface area contributed by atoms with Crippen molar-refractivity contribution in [2.75, 3.05) is 18.9 Å². The number of anilines is 1. The standard InChI is InChI=1S/C15H16BrFN2O2/c1-19(10-13-5-6-14(16)21-13)8-7-15(20)18-12-4-2-3-11(17)9-12/h2-6,9H,7-8,10H2,1H3,(H,18,20). The molecule has 1 aromatic heterocycles. The Balaban J connectivity index is 1.75. The van der Waals surface area contributed by atoms with Crippen LogP contribution in [0.3, 0.4) is 0 Å². The Bertz CT molecular complexity index is 615. The third-order valence-electron chi connectivity index (χ3n) is 2.88. The Morgan fingerprint density at radius 3 is 2.86 bits per heavy atom. The van der Waals surface area contributed by atoms with Gasteiger partial charge < -0.3 is 9.73 Å². The van der Waals surface area contributed by atoms with Gasteiger partial charge in [0.1, 0.15) is 11.6 Å². The van der Waals surface area contributed by atoms with Crippen LogP contribution in [0.15, 0.2) is 45.5 Å². The third-order valence-corrected chi connectivity index (χ3v) is 3.31. The minimum Gasteiger partial charge on any atom is -0.453 e. The van der Waals surface area contributed by atoms with E-state index >= 15 is 0 Å². The van der Waals surface area contributed by atoms with E-state index in [-0.39, 0.29) is 11.7 Å². The number of benzene rings is 1. The Morgan fingerprint density at radius 1 is 1.38 bits per heavy atom. The average Bonchev–Trinajstić information content (AvgIpc) is 2.82. The topological polar surface area (TPSA) is 45.5 Å². The van der Waals surface area contributed by atoms with E-state index in [1.807, 2.05) is 24.1 Å². The summed E-state index contributed by atoms with van der Waals surface area (Å²) in [6.07, 6.45) is 0.328. The summed E-state index contributed by atoms with van der Waals surface area (Å²) in [6, 6.07) is 9.57. The molecule has 0 spiro atoms. The van der Waals surface area contributed by atoms with Crippen LogP contribution < -0.4 is 5.32 Å². The van der Waals surface area contributed by atoms with Crippen molar-refractivity contribution in [2.45, 2.75) is 13.0 Å². The van der Waals surface area contributed by atoms with E-state index in [2.05, 4.69) is 21.2 Å². The van der Waals surface area contributed by atoms with E-state index in [1.54, 1.807) is 12.1 Å². The molecule has 0 aliphatic carbocycles. The third kappa shape index (κ3) is 5.32. The van der Waals surface area contributed by atoms with Crippen LogP contribution in [0.4, 0.5) is 10.1 Å². The zero-order valence-electron chi connectivity index (χ0n) is 11.6. The lowest BCUT2D eigenvalue weighted by Crippen LogP contribution is -2.23. The molecule has 0 saturated carbocycles.